The van der Waals surface area contributed by atoms with Crippen LogP contribution in [0.3, 0.4) is 0 Å². The predicted molar refractivity (Wildman–Crippen MR) is 276 cm³/mol. The van der Waals surface area contributed by atoms with Gasteiger partial charge in [-0.2, -0.15) is 0 Å². The van der Waals surface area contributed by atoms with E-state index in [9.17, 15) is 4.79 Å². The molecule has 0 bridgehead atoms. The largest absolute Gasteiger partial charge is 0.508 e. The number of nitrogens with zero attached hydrogens (tertiary/aromatic N) is 1. The van der Waals surface area contributed by atoms with E-state index in [1.54, 1.807) is 0 Å². The second-order valence-corrected chi connectivity index (χ2v) is 22.2. The fourth-order valence-corrected chi connectivity index (χ4v) is 12.4. The van der Waals surface area contributed by atoms with Gasteiger partial charge in [0.05, 0.1) is 19.3 Å². The number of allylic oxidation sites excluding steroid dienone is 6. The molecule has 0 aromatic heterocycles. The van der Waals surface area contributed by atoms with Crippen molar-refractivity contribution in [2.24, 2.45) is 40.9 Å². The second kappa shape index (κ2) is 34.6. The van der Waals surface area contributed by atoms with Crippen molar-refractivity contribution < 1.29 is 23.7 Å². The summed E-state index contributed by atoms with van der Waals surface area (Å²) in [5.74, 6) is 4.89. The standard InChI is InChI=1S/C59H105NO5/c1-6-7-8-9-10-11-12-13-14-15-16-17-18-19-20-21-28-45-62-49-54(48-60-43-26-22-27-44-60)63-46-29-23-30-47-64-58(61)65-53-36-24-25-38-55-52(35-32-37-53)41-42-59(5)56(39-40-57(55)59)51(4)34-31-33-50(2)3/h10-11,14-15,25,38,50-57H,6-9,12-13,16-24,26-37,39-49H2,1-5H3. The van der Waals surface area contributed by atoms with Crippen LogP contribution >= 0.6 is 0 Å². The highest BCUT2D eigenvalue weighted by Crippen LogP contribution is 2.62. The molecule has 1 saturated heterocycles. The van der Waals surface area contributed by atoms with E-state index in [0.717, 1.165) is 107 Å². The van der Waals surface area contributed by atoms with Crippen molar-refractivity contribution in [2.75, 3.05) is 46.1 Å². The van der Waals surface area contributed by atoms with Gasteiger partial charge >= 0.3 is 6.16 Å². The third kappa shape index (κ3) is 23.0. The molecule has 1 aliphatic heterocycles. The molecule has 0 aromatic carbocycles. The van der Waals surface area contributed by atoms with E-state index in [1.807, 2.05) is 0 Å². The Morgan fingerprint density at radius 3 is 2.17 bits per heavy atom. The van der Waals surface area contributed by atoms with E-state index in [0.29, 0.717) is 18.6 Å². The third-order valence-corrected chi connectivity index (χ3v) is 16.3. The maximum atomic E-state index is 12.8. The zero-order valence-electron chi connectivity index (χ0n) is 43.4. The fraction of sp³-hybridized carbons (Fsp3) is 0.881. The molecular formula is C59H105NO5. The van der Waals surface area contributed by atoms with E-state index in [2.05, 4.69) is 76.0 Å². The smallest absolute Gasteiger partial charge is 0.434 e. The summed E-state index contributed by atoms with van der Waals surface area (Å²) in [6.07, 6.45) is 52.4. The lowest BCUT2D eigenvalue weighted by molar-refractivity contribution is -0.0366. The van der Waals surface area contributed by atoms with Gasteiger partial charge in [-0.25, -0.2) is 4.79 Å². The Labute approximate surface area is 402 Å². The average Bonchev–Trinajstić information content (AvgIpc) is 3.65. The highest BCUT2D eigenvalue weighted by molar-refractivity contribution is 5.60. The van der Waals surface area contributed by atoms with Crippen LogP contribution in [0.25, 0.3) is 0 Å². The van der Waals surface area contributed by atoms with Gasteiger partial charge in [0.1, 0.15) is 6.10 Å². The van der Waals surface area contributed by atoms with Crippen LogP contribution in [0.2, 0.25) is 0 Å². The number of ether oxygens (including phenoxy) is 4. The van der Waals surface area contributed by atoms with Crippen LogP contribution in [0, 0.1) is 40.9 Å². The monoisotopic (exact) mass is 908 g/mol. The quantitative estimate of drug-likeness (QED) is 0.0371. The van der Waals surface area contributed by atoms with Gasteiger partial charge in [0, 0.05) is 19.8 Å². The predicted octanol–water partition coefficient (Wildman–Crippen LogP) is 16.8. The first-order valence-electron chi connectivity index (χ1n) is 28.5. The zero-order valence-corrected chi connectivity index (χ0v) is 43.4. The second-order valence-electron chi connectivity index (χ2n) is 22.2. The summed E-state index contributed by atoms with van der Waals surface area (Å²) >= 11 is 0. The highest BCUT2D eigenvalue weighted by Gasteiger charge is 2.53. The van der Waals surface area contributed by atoms with Gasteiger partial charge in [0.2, 0.25) is 0 Å². The SMILES string of the molecule is CCCCCC=CCCC=CCCCCCCCCOCC(CN1CCCCC1)OCCCCCOC(=O)OC1CCC=CC2C(CCC1)CCC1(C)C(C(C)CCCC(C)C)CCC21. The maximum Gasteiger partial charge on any atom is 0.508 e. The minimum absolute atomic E-state index is 0.0437. The molecular weight excluding hydrogens is 803 g/mol. The molecule has 4 rings (SSSR count). The Balaban J connectivity index is 1.02. The number of hydrogen-bond acceptors (Lipinski definition) is 6. The Bertz CT molecular complexity index is 1270. The van der Waals surface area contributed by atoms with Crippen LogP contribution in [-0.4, -0.2) is 69.3 Å². The molecule has 3 fully saturated rings. The number of piperidine rings is 1. The Morgan fingerprint density at radius 2 is 1.40 bits per heavy atom. The number of unbranched alkanes of at least 4 members (excludes halogenated alkanes) is 12. The van der Waals surface area contributed by atoms with E-state index in [4.69, 9.17) is 18.9 Å². The number of hydrogen-bond donors (Lipinski definition) is 0. The topological polar surface area (TPSA) is 57.2 Å². The zero-order chi connectivity index (χ0) is 46.2. The highest BCUT2D eigenvalue weighted by atomic mass is 16.7. The molecule has 4 aliphatic rings. The van der Waals surface area contributed by atoms with Crippen LogP contribution in [0.15, 0.2) is 36.5 Å². The number of fused-ring (bicyclic) bond motifs is 3. The van der Waals surface area contributed by atoms with Crippen molar-refractivity contribution in [2.45, 2.75) is 246 Å². The van der Waals surface area contributed by atoms with E-state index < -0.39 is 6.16 Å². The first kappa shape index (κ1) is 56.0. The van der Waals surface area contributed by atoms with E-state index in [1.165, 1.54) is 161 Å². The number of likely N-dealkylation sites (tertiary alicyclic amines) is 1. The van der Waals surface area contributed by atoms with Crippen LogP contribution in [-0.2, 0) is 18.9 Å². The number of carbonyl (C=O) groups is 1. The van der Waals surface area contributed by atoms with Crippen molar-refractivity contribution >= 4 is 6.16 Å². The van der Waals surface area contributed by atoms with Crippen molar-refractivity contribution in [3.05, 3.63) is 36.5 Å². The molecule has 65 heavy (non-hydrogen) atoms. The van der Waals surface area contributed by atoms with Crippen LogP contribution in [0.4, 0.5) is 4.79 Å². The lowest BCUT2D eigenvalue weighted by Crippen LogP contribution is -2.42. The van der Waals surface area contributed by atoms with Crippen LogP contribution < -0.4 is 0 Å². The van der Waals surface area contributed by atoms with E-state index in [-0.39, 0.29) is 12.2 Å². The van der Waals surface area contributed by atoms with E-state index >= 15 is 0 Å². The summed E-state index contributed by atoms with van der Waals surface area (Å²) in [7, 11) is 0. The molecule has 6 heteroatoms. The van der Waals surface area contributed by atoms with Gasteiger partial charge < -0.3 is 23.8 Å². The molecule has 0 amide bonds. The lowest BCUT2D eigenvalue weighted by Gasteiger charge is -2.49. The molecule has 3 aliphatic carbocycles. The third-order valence-electron chi connectivity index (χ3n) is 16.3. The normalized spacial score (nSPS) is 26.4. The van der Waals surface area contributed by atoms with Gasteiger partial charge in [-0.3, -0.25) is 0 Å². The number of rotatable bonds is 33. The van der Waals surface area contributed by atoms with Gasteiger partial charge in [-0.05, 0) is 189 Å². The molecule has 0 aromatic rings. The minimum Gasteiger partial charge on any atom is -0.434 e. The molecule has 2 saturated carbocycles. The van der Waals surface area contributed by atoms with Gasteiger partial charge in [-0.15, -0.1) is 0 Å². The molecule has 0 spiro atoms. The fourth-order valence-electron chi connectivity index (χ4n) is 12.4. The van der Waals surface area contributed by atoms with Gasteiger partial charge in [-0.1, -0.05) is 135 Å². The van der Waals surface area contributed by atoms with Gasteiger partial charge in [0.25, 0.3) is 0 Å². The average molecular weight is 908 g/mol. The Morgan fingerprint density at radius 1 is 0.708 bits per heavy atom. The first-order chi connectivity index (χ1) is 31.8. The molecule has 8 atom stereocenters. The maximum absolute atomic E-state index is 12.8. The summed E-state index contributed by atoms with van der Waals surface area (Å²) < 4.78 is 24.2. The lowest BCUT2D eigenvalue weighted by atomic mass is 9.55. The molecule has 1 heterocycles. The van der Waals surface area contributed by atoms with Crippen molar-refractivity contribution in [3.8, 4) is 0 Å². The summed E-state index contributed by atoms with van der Waals surface area (Å²) in [4.78, 5) is 15.4. The van der Waals surface area contributed by atoms with Gasteiger partial charge in [0.15, 0.2) is 0 Å². The molecule has 8 unspecified atom stereocenters. The summed E-state index contributed by atoms with van der Waals surface area (Å²) in [5, 5.41) is 0. The van der Waals surface area contributed by atoms with Crippen molar-refractivity contribution in [1.82, 2.24) is 4.90 Å². The molecule has 0 N–H and O–H groups in total. The van der Waals surface area contributed by atoms with Crippen LogP contribution in [0.5, 0.6) is 0 Å². The van der Waals surface area contributed by atoms with Crippen molar-refractivity contribution in [3.63, 3.8) is 0 Å². The minimum atomic E-state index is -0.480. The molecule has 376 valence electrons. The molecule has 0 radical (unpaired) electrons. The summed E-state index contributed by atoms with van der Waals surface area (Å²) in [5.41, 5.74) is 0.502. The summed E-state index contributed by atoms with van der Waals surface area (Å²) in [6.45, 7) is 18.2. The Kier molecular flexibility index (Phi) is 29.8. The Hall–Kier alpha value is -1.63. The first-order valence-corrected chi connectivity index (χ1v) is 28.5. The summed E-state index contributed by atoms with van der Waals surface area (Å²) in [6, 6.07) is 0. The number of carbonyl (C=O) groups excluding carboxylic acids is 1. The molecule has 6 nitrogen and oxygen atoms in total. The van der Waals surface area contributed by atoms with Crippen LogP contribution in [0.1, 0.15) is 234 Å². The van der Waals surface area contributed by atoms with Crippen molar-refractivity contribution in [1.29, 1.82) is 0 Å².